The number of pyridine rings is 1. The highest BCUT2D eigenvalue weighted by atomic mass is 32.2. The van der Waals surface area contributed by atoms with E-state index in [1.807, 2.05) is 37.7 Å². The number of aromatic nitrogens is 1. The second-order valence-corrected chi connectivity index (χ2v) is 22.5. The minimum absolute atomic E-state index is 0.0828. The van der Waals surface area contributed by atoms with Gasteiger partial charge in [-0.2, -0.15) is 0 Å². The van der Waals surface area contributed by atoms with E-state index in [-0.39, 0.29) is 36.6 Å². The van der Waals surface area contributed by atoms with Crippen LogP contribution < -0.4 is 4.72 Å². The van der Waals surface area contributed by atoms with Gasteiger partial charge in [0.1, 0.15) is 34.9 Å². The first-order valence-electron chi connectivity index (χ1n) is 24.3. The molecule has 18 atom stereocenters. The molecule has 0 radical (unpaired) electrons. The number of likely N-dealkylation sites (N-methyl/N-ethyl adjacent to an activating group) is 2. The van der Waals surface area contributed by atoms with Gasteiger partial charge in [-0.15, -0.1) is 0 Å². The summed E-state index contributed by atoms with van der Waals surface area (Å²) in [6.07, 6.45) is -7.52. The number of sulfonamides is 1. The van der Waals surface area contributed by atoms with Crippen molar-refractivity contribution < 1.29 is 67.2 Å². The van der Waals surface area contributed by atoms with Gasteiger partial charge in [0.2, 0.25) is 10.0 Å². The first-order valence-corrected chi connectivity index (χ1v) is 25.8. The molecule has 18 nitrogen and oxygen atoms in total. The minimum atomic E-state index is -3.88. The van der Waals surface area contributed by atoms with Crippen LogP contribution in [-0.2, 0) is 43.2 Å². The predicted octanol–water partition coefficient (Wildman–Crippen LogP) is 3.19. The lowest BCUT2D eigenvalue weighted by molar-refractivity contribution is -0.318. The Labute approximate surface area is 404 Å². The van der Waals surface area contributed by atoms with Gasteiger partial charge < -0.3 is 63.8 Å². The van der Waals surface area contributed by atoms with E-state index in [4.69, 9.17) is 28.4 Å². The Morgan fingerprint density at radius 2 is 1.65 bits per heavy atom. The third-order valence-electron chi connectivity index (χ3n) is 15.0. The lowest BCUT2D eigenvalue weighted by Gasteiger charge is -2.49. The molecule has 3 aliphatic rings. The Morgan fingerprint density at radius 1 is 0.971 bits per heavy atom. The molecule has 19 heteroatoms. The number of cyclic esters (lactones) is 1. The molecule has 0 unspecified atom stereocenters. The maximum atomic E-state index is 14.4. The molecule has 0 amide bonds. The fourth-order valence-electron chi connectivity index (χ4n) is 10.7. The van der Waals surface area contributed by atoms with Gasteiger partial charge >= 0.3 is 5.97 Å². The summed E-state index contributed by atoms with van der Waals surface area (Å²) in [5.41, 5.74) is -4.21. The number of rotatable bonds is 13. The van der Waals surface area contributed by atoms with Crippen molar-refractivity contribution in [2.45, 2.75) is 197 Å². The van der Waals surface area contributed by atoms with E-state index >= 15 is 0 Å². The quantitative estimate of drug-likeness (QED) is 0.125. The minimum Gasteiger partial charge on any atom is -0.459 e. The lowest BCUT2D eigenvalue weighted by Crippen LogP contribution is -2.61. The second-order valence-electron chi connectivity index (χ2n) is 20.8. The average Bonchev–Trinajstić information content (AvgIpc) is 3.28. The van der Waals surface area contributed by atoms with Gasteiger partial charge in [-0.05, 0) is 113 Å². The number of fused-ring (bicyclic) bond motifs is 1. The molecule has 5 rings (SSSR count). The van der Waals surface area contributed by atoms with Gasteiger partial charge in [0, 0.05) is 56.2 Å². The molecule has 388 valence electrons. The predicted molar refractivity (Wildman–Crippen MR) is 255 cm³/mol. The summed E-state index contributed by atoms with van der Waals surface area (Å²) in [7, 11) is 1.28. The fraction of sp³-hybridized carbons (Fsp3) is 0.796. The van der Waals surface area contributed by atoms with Crippen molar-refractivity contribution in [3.8, 4) is 0 Å². The maximum Gasteiger partial charge on any atom is 0.311 e. The molecule has 6 N–H and O–H groups in total. The van der Waals surface area contributed by atoms with Crippen molar-refractivity contribution in [3.63, 3.8) is 0 Å². The summed E-state index contributed by atoms with van der Waals surface area (Å²) in [4.78, 5) is 22.7. The Kier molecular flexibility index (Phi) is 19.0. The zero-order chi connectivity index (χ0) is 50.7. The third kappa shape index (κ3) is 12.8. The van der Waals surface area contributed by atoms with Crippen molar-refractivity contribution in [1.29, 1.82) is 0 Å². The van der Waals surface area contributed by atoms with Crippen molar-refractivity contribution in [1.82, 2.24) is 19.5 Å². The molecular formula is C49H82N4O14S. The number of nitrogens with one attached hydrogen (secondary N) is 1. The number of benzene rings is 1. The van der Waals surface area contributed by atoms with Crippen LogP contribution in [0.2, 0.25) is 0 Å². The first-order chi connectivity index (χ1) is 31.7. The van der Waals surface area contributed by atoms with Gasteiger partial charge in [0.25, 0.3) is 0 Å². The van der Waals surface area contributed by atoms with Crippen LogP contribution in [0.5, 0.6) is 0 Å². The summed E-state index contributed by atoms with van der Waals surface area (Å²) < 4.78 is 67.6. The van der Waals surface area contributed by atoms with Crippen LogP contribution in [0.1, 0.15) is 101 Å². The standard InChI is InChI=1S/C49H82N4O14S/c1-14-37-49(10,59)42(55)32(6)53(12)27-28(2)25-47(8,58)44(30(4)41(31(5)45(57)65-37)66-38-26-48(9,62-13)43(56)33(7)64-38)67-46-40(54)35(24-29(3)63-46)52(11)23-17-22-51-68(60,61)36-20-15-18-34-19-16-21-50-39(34)36/h15-16,18-21,28-33,35,37-38,40-44,46,51,54-56,58-59H,14,17,22-27H2,1-13H3/t28-,29-,30+,31-,32-,33+,35+,37-,38+,40-,41+,42-,43+,44-,46+,47-,48-,49-/m1/s1. The summed E-state index contributed by atoms with van der Waals surface area (Å²) >= 11 is 0. The normalized spacial score (nSPS) is 41.0. The molecule has 68 heavy (non-hydrogen) atoms. The van der Waals surface area contributed by atoms with Gasteiger partial charge in [0.05, 0.1) is 47.1 Å². The Hall–Kier alpha value is -2.47. The summed E-state index contributed by atoms with van der Waals surface area (Å²) in [5, 5.41) is 60.2. The molecular weight excluding hydrogens is 901 g/mol. The number of esters is 1. The van der Waals surface area contributed by atoms with Crippen LogP contribution in [0.15, 0.2) is 41.4 Å². The highest BCUT2D eigenvalue weighted by Gasteiger charge is 2.53. The van der Waals surface area contributed by atoms with Gasteiger partial charge in [-0.1, -0.05) is 39.0 Å². The second kappa shape index (κ2) is 22.9. The number of methoxy groups -OCH3 is 1. The van der Waals surface area contributed by atoms with Gasteiger partial charge in [-0.3, -0.25) is 9.78 Å². The lowest BCUT2D eigenvalue weighted by atomic mass is 9.77. The number of para-hydroxylation sites is 1. The number of hydrogen-bond acceptors (Lipinski definition) is 17. The van der Waals surface area contributed by atoms with Crippen molar-refractivity contribution in [2.24, 2.45) is 17.8 Å². The molecule has 2 aromatic rings. The smallest absolute Gasteiger partial charge is 0.311 e. The SMILES string of the molecule is CC[C@H]1OC(=O)[C@H](C)[C@@H](O[C@H]2C[C@@](C)(OC)[C@@H](O)[C@H](C)O2)[C@H](C)[C@@H](O[C@@H]2O[C@H](C)C[C@H](N(C)CCCNS(=O)(=O)c3cccc4cccnc34)[C@H]2O)[C@](C)(O)C[C@@H](C)CN(C)[C@H](C)[C@@H](O)[C@]1(C)O. The summed E-state index contributed by atoms with van der Waals surface area (Å²) in [6.45, 7) is 18.3. The number of carbonyl (C=O) groups excluding carboxylic acids is 1. The van der Waals surface area contributed by atoms with E-state index in [0.717, 1.165) is 0 Å². The number of nitrogens with zero attached hydrogens (tertiary/aromatic N) is 3. The first kappa shape index (κ1) is 56.4. The number of ether oxygens (including phenoxy) is 6. The topological polar surface area (TPSA) is 239 Å². The van der Waals surface area contributed by atoms with Crippen molar-refractivity contribution in [3.05, 3.63) is 36.5 Å². The van der Waals surface area contributed by atoms with Crippen molar-refractivity contribution >= 4 is 26.9 Å². The third-order valence-corrected chi connectivity index (χ3v) is 16.5. The Morgan fingerprint density at radius 3 is 2.31 bits per heavy atom. The molecule has 1 aromatic carbocycles. The number of aliphatic hydroxyl groups excluding tert-OH is 3. The Bertz CT molecular complexity index is 2060. The molecule has 0 aliphatic carbocycles. The largest absolute Gasteiger partial charge is 0.459 e. The monoisotopic (exact) mass is 983 g/mol. The van der Waals surface area contributed by atoms with E-state index in [1.165, 1.54) is 20.1 Å². The van der Waals surface area contributed by atoms with E-state index < -0.39 is 118 Å². The highest BCUT2D eigenvalue weighted by molar-refractivity contribution is 7.89. The van der Waals surface area contributed by atoms with Crippen LogP contribution >= 0.6 is 0 Å². The van der Waals surface area contributed by atoms with Gasteiger partial charge in [-0.25, -0.2) is 13.1 Å². The van der Waals surface area contributed by atoms with Crippen LogP contribution in [0.3, 0.4) is 0 Å². The molecule has 0 spiro atoms. The van der Waals surface area contributed by atoms with Crippen LogP contribution in [0.4, 0.5) is 0 Å². The summed E-state index contributed by atoms with van der Waals surface area (Å²) in [5.74, 6) is -2.88. The molecule has 3 fully saturated rings. The zero-order valence-corrected chi connectivity index (χ0v) is 43.3. The molecule has 4 heterocycles. The summed E-state index contributed by atoms with van der Waals surface area (Å²) in [6, 6.07) is 7.48. The number of hydrogen-bond donors (Lipinski definition) is 6. The average molecular weight is 983 g/mol. The van der Waals surface area contributed by atoms with Crippen LogP contribution in [0, 0.1) is 17.8 Å². The molecule has 3 saturated heterocycles. The molecule has 3 aliphatic heterocycles. The zero-order valence-electron chi connectivity index (χ0n) is 42.4. The van der Waals surface area contributed by atoms with Gasteiger partial charge in [0.15, 0.2) is 12.6 Å². The van der Waals surface area contributed by atoms with Crippen LogP contribution in [0.25, 0.3) is 10.9 Å². The Balaban J connectivity index is 1.44. The van der Waals surface area contributed by atoms with E-state index in [0.29, 0.717) is 36.8 Å². The highest BCUT2D eigenvalue weighted by Crippen LogP contribution is 2.40. The van der Waals surface area contributed by atoms with E-state index in [9.17, 15) is 38.7 Å². The fourth-order valence-corrected chi connectivity index (χ4v) is 12.0. The van der Waals surface area contributed by atoms with Crippen LogP contribution in [-0.4, -0.2) is 186 Å². The molecule has 1 aromatic heterocycles. The van der Waals surface area contributed by atoms with E-state index in [1.54, 1.807) is 78.9 Å². The molecule has 0 bridgehead atoms. The number of aliphatic hydroxyl groups is 5. The van der Waals surface area contributed by atoms with Crippen molar-refractivity contribution in [2.75, 3.05) is 40.8 Å². The number of carbonyl (C=O) groups is 1. The molecule has 0 saturated carbocycles. The maximum absolute atomic E-state index is 14.4. The van der Waals surface area contributed by atoms with E-state index in [2.05, 4.69) is 9.71 Å².